The van der Waals surface area contributed by atoms with Gasteiger partial charge in [0.05, 0.1) is 13.2 Å². The highest BCUT2D eigenvalue weighted by molar-refractivity contribution is 5.90. The number of benzene rings is 1. The summed E-state index contributed by atoms with van der Waals surface area (Å²) in [7, 11) is 0. The Labute approximate surface area is 178 Å². The number of hydrogen-bond acceptors (Lipinski definition) is 5. The molecule has 164 valence electrons. The van der Waals surface area contributed by atoms with Gasteiger partial charge in [0.1, 0.15) is 11.8 Å². The first-order chi connectivity index (χ1) is 14.7. The molecule has 0 aromatic heterocycles. The zero-order chi connectivity index (χ0) is 20.8. The Morgan fingerprint density at radius 1 is 1.07 bits per heavy atom. The molecule has 1 atom stereocenters. The molecule has 2 heterocycles. The van der Waals surface area contributed by atoms with E-state index >= 15 is 0 Å². The molecule has 30 heavy (non-hydrogen) atoms. The van der Waals surface area contributed by atoms with E-state index in [2.05, 4.69) is 10.2 Å². The van der Waals surface area contributed by atoms with Crippen molar-refractivity contribution in [3.8, 4) is 5.75 Å². The van der Waals surface area contributed by atoms with Crippen molar-refractivity contribution in [2.24, 2.45) is 0 Å². The highest BCUT2D eigenvalue weighted by Gasteiger charge is 2.36. The number of morpholine rings is 1. The summed E-state index contributed by atoms with van der Waals surface area (Å²) >= 11 is 0. The second-order valence-corrected chi connectivity index (χ2v) is 8.47. The van der Waals surface area contributed by atoms with E-state index < -0.39 is 6.04 Å². The highest BCUT2D eigenvalue weighted by atomic mass is 16.5. The van der Waals surface area contributed by atoms with Gasteiger partial charge in [-0.1, -0.05) is 37.5 Å². The fraction of sp³-hybridized carbons (Fsp3) is 0.652. The Balaban J connectivity index is 1.49. The third kappa shape index (κ3) is 5.13. The minimum atomic E-state index is -0.636. The van der Waals surface area contributed by atoms with E-state index in [0.717, 1.165) is 70.5 Å². The fourth-order valence-corrected chi connectivity index (χ4v) is 4.73. The molecule has 1 N–H and O–H groups in total. The molecule has 1 saturated heterocycles. The number of fused-ring (bicyclic) bond motifs is 1. The minimum Gasteiger partial charge on any atom is -0.483 e. The minimum absolute atomic E-state index is 0.0260. The van der Waals surface area contributed by atoms with Crippen LogP contribution in [0.4, 0.5) is 0 Å². The van der Waals surface area contributed by atoms with Crippen LogP contribution in [0.3, 0.4) is 0 Å². The number of hydrogen-bond donors (Lipinski definition) is 1. The Hall–Kier alpha value is -2.12. The first kappa shape index (κ1) is 21.1. The molecule has 1 aromatic carbocycles. The highest BCUT2D eigenvalue weighted by Crippen LogP contribution is 2.33. The summed E-state index contributed by atoms with van der Waals surface area (Å²) in [6.07, 6.45) is 6.39. The van der Waals surface area contributed by atoms with E-state index in [-0.39, 0.29) is 24.5 Å². The van der Waals surface area contributed by atoms with Crippen molar-refractivity contribution in [1.82, 2.24) is 15.1 Å². The van der Waals surface area contributed by atoms with Crippen molar-refractivity contribution in [1.29, 1.82) is 0 Å². The lowest BCUT2D eigenvalue weighted by molar-refractivity contribution is -0.141. The monoisotopic (exact) mass is 415 g/mol. The van der Waals surface area contributed by atoms with Crippen LogP contribution >= 0.6 is 0 Å². The zero-order valence-corrected chi connectivity index (χ0v) is 17.7. The molecule has 2 aliphatic heterocycles. The maximum absolute atomic E-state index is 13.4. The average molecular weight is 416 g/mol. The van der Waals surface area contributed by atoms with Crippen LogP contribution < -0.4 is 10.1 Å². The van der Waals surface area contributed by atoms with Gasteiger partial charge in [-0.25, -0.2) is 0 Å². The molecule has 0 radical (unpaired) electrons. The smallest absolute Gasteiger partial charge is 0.261 e. The van der Waals surface area contributed by atoms with Crippen molar-refractivity contribution in [3.05, 3.63) is 29.8 Å². The molecule has 2 fully saturated rings. The molecule has 0 bridgehead atoms. The van der Waals surface area contributed by atoms with Crippen molar-refractivity contribution in [2.45, 2.75) is 50.6 Å². The summed E-state index contributed by atoms with van der Waals surface area (Å²) in [5, 5.41) is 3.23. The second kappa shape index (κ2) is 10.3. The van der Waals surface area contributed by atoms with E-state index in [1.54, 1.807) is 4.90 Å². The molecular formula is C23H33N3O4. The molecular weight excluding hydrogens is 382 g/mol. The number of carbonyl (C=O) groups excluding carboxylic acids is 2. The van der Waals surface area contributed by atoms with Crippen LogP contribution in [-0.4, -0.2) is 73.7 Å². The van der Waals surface area contributed by atoms with E-state index in [0.29, 0.717) is 12.3 Å². The normalized spacial score (nSPS) is 23.4. The summed E-state index contributed by atoms with van der Waals surface area (Å²) in [4.78, 5) is 30.5. The summed E-state index contributed by atoms with van der Waals surface area (Å²) in [5.74, 6) is 0.418. The first-order valence-electron chi connectivity index (χ1n) is 11.3. The lowest BCUT2D eigenvalue weighted by Gasteiger charge is -2.33. The zero-order valence-electron chi connectivity index (χ0n) is 17.7. The topological polar surface area (TPSA) is 71.1 Å². The molecule has 1 aliphatic carbocycles. The van der Waals surface area contributed by atoms with Crippen molar-refractivity contribution >= 4 is 11.8 Å². The van der Waals surface area contributed by atoms with Crippen LogP contribution in [0.15, 0.2) is 24.3 Å². The van der Waals surface area contributed by atoms with Gasteiger partial charge in [0.15, 0.2) is 6.61 Å². The van der Waals surface area contributed by atoms with Crippen LogP contribution in [0.25, 0.3) is 0 Å². The molecule has 1 unspecified atom stereocenters. The van der Waals surface area contributed by atoms with Crippen molar-refractivity contribution in [3.63, 3.8) is 0 Å². The van der Waals surface area contributed by atoms with Crippen molar-refractivity contribution in [2.75, 3.05) is 46.0 Å². The van der Waals surface area contributed by atoms with Crippen LogP contribution in [0.2, 0.25) is 0 Å². The van der Waals surface area contributed by atoms with Gasteiger partial charge >= 0.3 is 0 Å². The standard InChI is InChI=1S/C23H33N3O4/c27-21-17-30-20-10-5-4-9-19(20)22(23(28)24-18-7-2-1-3-8-18)26(21)12-6-11-25-13-15-29-16-14-25/h4-5,9-10,18,22H,1-3,6-8,11-17H2,(H,24,28). The lowest BCUT2D eigenvalue weighted by atomic mass is 9.94. The maximum Gasteiger partial charge on any atom is 0.261 e. The number of rotatable bonds is 6. The number of amides is 2. The lowest BCUT2D eigenvalue weighted by Crippen LogP contribution is -2.48. The molecule has 7 heteroatoms. The van der Waals surface area contributed by atoms with E-state index in [4.69, 9.17) is 9.47 Å². The largest absolute Gasteiger partial charge is 0.483 e. The van der Waals surface area contributed by atoms with Gasteiger partial charge in [-0.05, 0) is 25.3 Å². The van der Waals surface area contributed by atoms with E-state index in [9.17, 15) is 9.59 Å². The van der Waals surface area contributed by atoms with Gasteiger partial charge in [0.25, 0.3) is 5.91 Å². The number of ether oxygens (including phenoxy) is 2. The van der Waals surface area contributed by atoms with Gasteiger partial charge < -0.3 is 19.7 Å². The molecule has 0 spiro atoms. The number of nitrogens with zero attached hydrogens (tertiary/aromatic N) is 2. The molecule has 7 nitrogen and oxygen atoms in total. The van der Waals surface area contributed by atoms with Crippen LogP contribution in [0.5, 0.6) is 5.75 Å². The third-order valence-electron chi connectivity index (χ3n) is 6.37. The van der Waals surface area contributed by atoms with Crippen LogP contribution in [0.1, 0.15) is 50.1 Å². The van der Waals surface area contributed by atoms with Gasteiger partial charge in [0.2, 0.25) is 5.91 Å². The number of carbonyl (C=O) groups is 2. The Kier molecular flexibility index (Phi) is 7.23. The van der Waals surface area contributed by atoms with E-state index in [1.807, 2.05) is 24.3 Å². The quantitative estimate of drug-likeness (QED) is 0.771. The van der Waals surface area contributed by atoms with Gasteiger partial charge in [-0.2, -0.15) is 0 Å². The van der Waals surface area contributed by atoms with Gasteiger partial charge in [-0.15, -0.1) is 0 Å². The number of para-hydroxylation sites is 1. The Morgan fingerprint density at radius 2 is 1.83 bits per heavy atom. The Bertz CT molecular complexity index is 729. The predicted molar refractivity (Wildman–Crippen MR) is 113 cm³/mol. The van der Waals surface area contributed by atoms with Crippen LogP contribution in [-0.2, 0) is 14.3 Å². The third-order valence-corrected chi connectivity index (χ3v) is 6.37. The first-order valence-corrected chi connectivity index (χ1v) is 11.3. The summed E-state index contributed by atoms with van der Waals surface area (Å²) < 4.78 is 11.2. The van der Waals surface area contributed by atoms with Crippen molar-refractivity contribution < 1.29 is 19.1 Å². The summed E-state index contributed by atoms with van der Waals surface area (Å²) in [5.41, 5.74) is 0.781. The molecule has 3 aliphatic rings. The Morgan fingerprint density at radius 3 is 2.63 bits per heavy atom. The molecule has 4 rings (SSSR count). The predicted octanol–water partition coefficient (Wildman–Crippen LogP) is 2.12. The van der Waals surface area contributed by atoms with Gasteiger partial charge in [0, 0.05) is 37.8 Å². The molecule has 1 aromatic rings. The van der Waals surface area contributed by atoms with E-state index in [1.165, 1.54) is 6.42 Å². The summed E-state index contributed by atoms with van der Waals surface area (Å²) in [6.45, 7) is 4.77. The molecule has 1 saturated carbocycles. The second-order valence-electron chi connectivity index (χ2n) is 8.47. The SMILES string of the molecule is O=C(NC1CCCCC1)C1c2ccccc2OCC(=O)N1CCCN1CCOCC1. The van der Waals surface area contributed by atoms with Crippen LogP contribution in [0, 0.1) is 0 Å². The number of nitrogens with one attached hydrogen (secondary N) is 1. The summed E-state index contributed by atoms with van der Waals surface area (Å²) in [6, 6.07) is 7.11. The molecule has 2 amide bonds. The maximum atomic E-state index is 13.4. The fourth-order valence-electron chi connectivity index (χ4n) is 4.73. The van der Waals surface area contributed by atoms with Gasteiger partial charge in [-0.3, -0.25) is 14.5 Å². The average Bonchev–Trinajstić information content (AvgIpc) is 2.92.